The van der Waals surface area contributed by atoms with E-state index in [0.29, 0.717) is 16.5 Å². The zero-order valence-corrected chi connectivity index (χ0v) is 10.6. The number of aromatic nitrogens is 1. The Morgan fingerprint density at radius 1 is 1.39 bits per heavy atom. The van der Waals surface area contributed by atoms with Crippen molar-refractivity contribution in [3.63, 3.8) is 0 Å². The monoisotopic (exact) mass is 260 g/mol. The summed E-state index contributed by atoms with van der Waals surface area (Å²) in [5.74, 6) is 0.292. The lowest BCUT2D eigenvalue weighted by Crippen LogP contribution is -2.11. The number of amides is 1. The van der Waals surface area contributed by atoms with Crippen LogP contribution in [0, 0.1) is 0 Å². The lowest BCUT2D eigenvalue weighted by molar-refractivity contribution is 0.102. The number of nitrogens with zero attached hydrogens (tertiary/aromatic N) is 2. The Bertz CT molecular complexity index is 556. The molecule has 6 heteroatoms. The van der Waals surface area contributed by atoms with Crippen LogP contribution in [-0.4, -0.2) is 16.7 Å². The number of nitrogens with one attached hydrogen (secondary N) is 1. The van der Waals surface area contributed by atoms with Crippen LogP contribution in [0.4, 0.5) is 10.8 Å². The SMILES string of the molecule is CC(N)=Nc1ccc(C(=O)Nc2nccs2)cc1. The van der Waals surface area contributed by atoms with Crippen molar-refractivity contribution in [3.05, 3.63) is 41.4 Å². The first-order valence-electron chi connectivity index (χ1n) is 5.27. The van der Waals surface area contributed by atoms with E-state index in [1.165, 1.54) is 11.3 Å². The average Bonchev–Trinajstić information content (AvgIpc) is 2.82. The molecule has 0 saturated carbocycles. The van der Waals surface area contributed by atoms with E-state index in [2.05, 4.69) is 15.3 Å². The summed E-state index contributed by atoms with van der Waals surface area (Å²) in [7, 11) is 0. The number of hydrogen-bond donors (Lipinski definition) is 2. The summed E-state index contributed by atoms with van der Waals surface area (Å²) in [6.07, 6.45) is 1.64. The van der Waals surface area contributed by atoms with Crippen LogP contribution in [0.3, 0.4) is 0 Å². The Labute approximate surface area is 108 Å². The van der Waals surface area contributed by atoms with Crippen LogP contribution in [-0.2, 0) is 0 Å². The molecule has 92 valence electrons. The number of hydrogen-bond acceptors (Lipinski definition) is 4. The molecule has 1 aromatic heterocycles. The van der Waals surface area contributed by atoms with Gasteiger partial charge >= 0.3 is 0 Å². The van der Waals surface area contributed by atoms with E-state index >= 15 is 0 Å². The smallest absolute Gasteiger partial charge is 0.257 e. The van der Waals surface area contributed by atoms with Crippen LogP contribution < -0.4 is 11.1 Å². The quantitative estimate of drug-likeness (QED) is 0.657. The molecular weight excluding hydrogens is 248 g/mol. The van der Waals surface area contributed by atoms with Gasteiger partial charge in [0.1, 0.15) is 0 Å². The van der Waals surface area contributed by atoms with Crippen molar-refractivity contribution in [3.8, 4) is 0 Å². The minimum atomic E-state index is -0.190. The first kappa shape index (κ1) is 12.3. The number of carbonyl (C=O) groups is 1. The standard InChI is InChI=1S/C12H12N4OS/c1-8(13)15-10-4-2-9(3-5-10)11(17)16-12-14-6-7-18-12/h2-7H,1H3,(H2,13,15)(H,14,16,17). The number of nitrogens with two attached hydrogens (primary N) is 1. The fourth-order valence-electron chi connectivity index (χ4n) is 1.35. The van der Waals surface area contributed by atoms with Crippen LogP contribution >= 0.6 is 11.3 Å². The van der Waals surface area contributed by atoms with Gasteiger partial charge in [-0.05, 0) is 31.2 Å². The van der Waals surface area contributed by atoms with Gasteiger partial charge in [-0.2, -0.15) is 0 Å². The van der Waals surface area contributed by atoms with Gasteiger partial charge < -0.3 is 5.73 Å². The van der Waals surface area contributed by atoms with Crippen molar-refractivity contribution in [2.75, 3.05) is 5.32 Å². The molecule has 1 aromatic carbocycles. The fraction of sp³-hybridized carbons (Fsp3) is 0.0833. The summed E-state index contributed by atoms with van der Waals surface area (Å²) < 4.78 is 0. The number of carbonyl (C=O) groups excluding carboxylic acids is 1. The van der Waals surface area contributed by atoms with Crippen molar-refractivity contribution < 1.29 is 4.79 Å². The summed E-state index contributed by atoms with van der Waals surface area (Å²) in [5, 5.41) is 5.09. The zero-order chi connectivity index (χ0) is 13.0. The molecule has 0 unspecified atom stereocenters. The molecule has 0 fully saturated rings. The second-order valence-electron chi connectivity index (χ2n) is 3.59. The third kappa shape index (κ3) is 3.14. The molecule has 2 aromatic rings. The van der Waals surface area contributed by atoms with Crippen molar-refractivity contribution in [2.45, 2.75) is 6.92 Å². The van der Waals surface area contributed by atoms with E-state index in [1.807, 2.05) is 0 Å². The number of anilines is 1. The first-order valence-corrected chi connectivity index (χ1v) is 6.15. The highest BCUT2D eigenvalue weighted by Crippen LogP contribution is 2.15. The first-order chi connectivity index (χ1) is 8.65. The van der Waals surface area contributed by atoms with Gasteiger partial charge in [-0.1, -0.05) is 0 Å². The van der Waals surface area contributed by atoms with Gasteiger partial charge in [0, 0.05) is 17.1 Å². The number of amidine groups is 1. The fourth-order valence-corrected chi connectivity index (χ4v) is 1.87. The van der Waals surface area contributed by atoms with E-state index in [9.17, 15) is 4.79 Å². The van der Waals surface area contributed by atoms with E-state index in [4.69, 9.17) is 5.73 Å². The Morgan fingerprint density at radius 3 is 2.67 bits per heavy atom. The highest BCUT2D eigenvalue weighted by atomic mass is 32.1. The number of rotatable bonds is 3. The van der Waals surface area contributed by atoms with Gasteiger partial charge in [-0.15, -0.1) is 11.3 Å². The maximum atomic E-state index is 11.8. The van der Waals surface area contributed by atoms with Crippen LogP contribution in [0.5, 0.6) is 0 Å². The summed E-state index contributed by atoms with van der Waals surface area (Å²) in [6, 6.07) is 6.88. The van der Waals surface area contributed by atoms with E-state index in [-0.39, 0.29) is 5.91 Å². The largest absolute Gasteiger partial charge is 0.387 e. The Hall–Kier alpha value is -2.21. The Morgan fingerprint density at radius 2 is 2.11 bits per heavy atom. The van der Waals surface area contributed by atoms with Gasteiger partial charge in [0.25, 0.3) is 5.91 Å². The van der Waals surface area contributed by atoms with Gasteiger partial charge in [-0.3, -0.25) is 10.1 Å². The molecule has 1 amide bonds. The van der Waals surface area contributed by atoms with Gasteiger partial charge in [0.05, 0.1) is 11.5 Å². The van der Waals surface area contributed by atoms with Gasteiger partial charge in [0.2, 0.25) is 0 Å². The molecule has 0 bridgehead atoms. The van der Waals surface area contributed by atoms with E-state index in [1.54, 1.807) is 42.8 Å². The maximum absolute atomic E-state index is 11.8. The Kier molecular flexibility index (Phi) is 3.69. The molecule has 0 saturated heterocycles. The van der Waals surface area contributed by atoms with Crippen molar-refractivity contribution in [1.82, 2.24) is 4.98 Å². The van der Waals surface area contributed by atoms with Crippen LogP contribution in [0.25, 0.3) is 0 Å². The number of benzene rings is 1. The molecule has 5 nitrogen and oxygen atoms in total. The lowest BCUT2D eigenvalue weighted by Gasteiger charge is -2.02. The molecular formula is C12H12N4OS. The maximum Gasteiger partial charge on any atom is 0.257 e. The number of aliphatic imine (C=N–C) groups is 1. The van der Waals surface area contributed by atoms with Crippen LogP contribution in [0.1, 0.15) is 17.3 Å². The predicted octanol–water partition coefficient (Wildman–Crippen LogP) is 2.40. The average molecular weight is 260 g/mol. The lowest BCUT2D eigenvalue weighted by atomic mass is 10.2. The molecule has 0 aliphatic carbocycles. The van der Waals surface area contributed by atoms with Crippen molar-refractivity contribution in [1.29, 1.82) is 0 Å². The normalized spacial score (nSPS) is 11.3. The van der Waals surface area contributed by atoms with Crippen molar-refractivity contribution in [2.24, 2.45) is 10.7 Å². The van der Waals surface area contributed by atoms with Crippen LogP contribution in [0.2, 0.25) is 0 Å². The minimum Gasteiger partial charge on any atom is -0.387 e. The van der Waals surface area contributed by atoms with Crippen LogP contribution in [0.15, 0.2) is 40.8 Å². The minimum absolute atomic E-state index is 0.190. The molecule has 0 radical (unpaired) electrons. The zero-order valence-electron chi connectivity index (χ0n) is 9.75. The molecule has 1 heterocycles. The third-order valence-electron chi connectivity index (χ3n) is 2.09. The summed E-state index contributed by atoms with van der Waals surface area (Å²) >= 11 is 1.38. The molecule has 0 aliphatic heterocycles. The summed E-state index contributed by atoms with van der Waals surface area (Å²) in [4.78, 5) is 19.9. The molecule has 0 aliphatic rings. The molecule has 18 heavy (non-hydrogen) atoms. The predicted molar refractivity (Wildman–Crippen MR) is 73.5 cm³/mol. The summed E-state index contributed by atoms with van der Waals surface area (Å²) in [6.45, 7) is 1.71. The second-order valence-corrected chi connectivity index (χ2v) is 4.49. The third-order valence-corrected chi connectivity index (χ3v) is 2.78. The van der Waals surface area contributed by atoms with E-state index in [0.717, 1.165) is 5.69 Å². The highest BCUT2D eigenvalue weighted by Gasteiger charge is 2.06. The molecule has 0 spiro atoms. The summed E-state index contributed by atoms with van der Waals surface area (Å²) in [5.41, 5.74) is 6.75. The van der Waals surface area contributed by atoms with Gasteiger partial charge in [-0.25, -0.2) is 9.98 Å². The topological polar surface area (TPSA) is 80.4 Å². The number of thiazole rings is 1. The highest BCUT2D eigenvalue weighted by molar-refractivity contribution is 7.13. The van der Waals surface area contributed by atoms with E-state index < -0.39 is 0 Å². The second kappa shape index (κ2) is 5.42. The molecule has 0 atom stereocenters. The Balaban J connectivity index is 2.10. The van der Waals surface area contributed by atoms with Gasteiger partial charge in [0.15, 0.2) is 5.13 Å². The molecule has 2 rings (SSSR count). The van der Waals surface area contributed by atoms with Crippen molar-refractivity contribution >= 4 is 33.9 Å². The molecule has 3 N–H and O–H groups in total.